The average molecular weight is 454 g/mol. The first kappa shape index (κ1) is 17.0. The Labute approximate surface area is 156 Å². The van der Waals surface area contributed by atoms with Crippen molar-refractivity contribution in [1.29, 1.82) is 0 Å². The van der Waals surface area contributed by atoms with E-state index in [9.17, 15) is 9.18 Å². The summed E-state index contributed by atoms with van der Waals surface area (Å²) in [5.74, 6) is 0.0396. The van der Waals surface area contributed by atoms with Crippen molar-refractivity contribution >= 4 is 51.5 Å². The van der Waals surface area contributed by atoms with E-state index in [0.717, 1.165) is 20.9 Å². The van der Waals surface area contributed by atoms with E-state index in [1.54, 1.807) is 30.3 Å². The Morgan fingerprint density at radius 3 is 2.75 bits per heavy atom. The first-order valence-electron chi connectivity index (χ1n) is 6.97. The fraction of sp³-hybridized carbons (Fsp3) is 0.0588. The van der Waals surface area contributed by atoms with Crippen LogP contribution in [0.1, 0.15) is 11.1 Å². The van der Waals surface area contributed by atoms with Gasteiger partial charge in [0.25, 0.3) is 5.91 Å². The maximum atomic E-state index is 13.6. The Morgan fingerprint density at radius 1 is 1.29 bits per heavy atom. The third kappa shape index (κ3) is 3.96. The van der Waals surface area contributed by atoms with E-state index in [1.165, 1.54) is 6.07 Å². The highest BCUT2D eigenvalue weighted by Crippen LogP contribution is 2.29. The van der Waals surface area contributed by atoms with Crippen LogP contribution in [0.5, 0.6) is 5.75 Å². The molecule has 0 fully saturated rings. The molecule has 3 rings (SSSR count). The van der Waals surface area contributed by atoms with Gasteiger partial charge in [-0.1, -0.05) is 24.3 Å². The van der Waals surface area contributed by atoms with Crippen molar-refractivity contribution < 1.29 is 13.9 Å². The summed E-state index contributed by atoms with van der Waals surface area (Å²) in [4.78, 5) is 15.8. The lowest BCUT2D eigenvalue weighted by atomic mass is 10.2. The third-order valence-corrected chi connectivity index (χ3v) is 4.89. The Bertz CT molecular complexity index is 867. The lowest BCUT2D eigenvalue weighted by Crippen LogP contribution is -2.01. The molecule has 2 aromatic rings. The van der Waals surface area contributed by atoms with E-state index in [4.69, 9.17) is 10.5 Å². The van der Waals surface area contributed by atoms with E-state index in [1.807, 2.05) is 12.1 Å². The predicted molar refractivity (Wildman–Crippen MR) is 102 cm³/mol. The number of nitrogens with zero attached hydrogens (tertiary/aromatic N) is 1. The van der Waals surface area contributed by atoms with Gasteiger partial charge in [0.2, 0.25) is 0 Å². The fourth-order valence-electron chi connectivity index (χ4n) is 2.07. The van der Waals surface area contributed by atoms with Crippen molar-refractivity contribution in [3.63, 3.8) is 0 Å². The van der Waals surface area contributed by atoms with Gasteiger partial charge in [-0.2, -0.15) is 4.99 Å². The van der Waals surface area contributed by atoms with Gasteiger partial charge in [-0.3, -0.25) is 4.79 Å². The highest BCUT2D eigenvalue weighted by atomic mass is 127. The van der Waals surface area contributed by atoms with E-state index in [2.05, 4.69) is 27.6 Å². The number of amidine groups is 1. The minimum atomic E-state index is -0.326. The number of hydrogen-bond donors (Lipinski definition) is 1. The maximum absolute atomic E-state index is 13.6. The molecule has 0 atom stereocenters. The first-order chi connectivity index (χ1) is 11.5. The molecule has 0 unspecified atom stereocenters. The van der Waals surface area contributed by atoms with Crippen molar-refractivity contribution in [1.82, 2.24) is 0 Å². The summed E-state index contributed by atoms with van der Waals surface area (Å²) < 4.78 is 20.2. The number of ether oxygens (including phenoxy) is 1. The molecule has 0 spiro atoms. The number of benzene rings is 2. The van der Waals surface area contributed by atoms with Crippen LogP contribution in [0, 0.1) is 9.39 Å². The molecule has 0 radical (unpaired) electrons. The largest absolute Gasteiger partial charge is 0.488 e. The van der Waals surface area contributed by atoms with Gasteiger partial charge >= 0.3 is 0 Å². The molecule has 1 heterocycles. The molecule has 2 aromatic carbocycles. The van der Waals surface area contributed by atoms with Crippen LogP contribution in [0.25, 0.3) is 6.08 Å². The molecule has 24 heavy (non-hydrogen) atoms. The number of rotatable bonds is 4. The molecular formula is C17H12FIN2O2S. The second-order valence-electron chi connectivity index (χ2n) is 4.94. The molecule has 1 aliphatic heterocycles. The van der Waals surface area contributed by atoms with E-state index in [-0.39, 0.29) is 23.5 Å². The van der Waals surface area contributed by atoms with Crippen molar-refractivity contribution in [3.05, 3.63) is 67.9 Å². The van der Waals surface area contributed by atoms with Gasteiger partial charge in [0.1, 0.15) is 18.2 Å². The molecule has 1 aliphatic rings. The van der Waals surface area contributed by atoms with Crippen LogP contribution in [-0.2, 0) is 11.4 Å². The van der Waals surface area contributed by atoms with Gasteiger partial charge in [-0.15, -0.1) is 0 Å². The summed E-state index contributed by atoms with van der Waals surface area (Å²) in [7, 11) is 0. The summed E-state index contributed by atoms with van der Waals surface area (Å²) in [5, 5.41) is 0.255. The molecule has 7 heteroatoms. The number of halogens is 2. The standard InChI is InChI=1S/C17H12FIN2O2S/c18-12-4-2-1-3-11(12)9-23-14-6-5-10(7-13(14)19)8-15-16(22)21-17(20)24-15/h1-8H,9H2,(H2,20,21,22). The average Bonchev–Trinajstić information content (AvgIpc) is 2.85. The van der Waals surface area contributed by atoms with Crippen molar-refractivity contribution in [2.75, 3.05) is 0 Å². The molecule has 4 nitrogen and oxygen atoms in total. The summed E-state index contributed by atoms with van der Waals surface area (Å²) in [5.41, 5.74) is 6.88. The van der Waals surface area contributed by atoms with Crippen LogP contribution in [0.2, 0.25) is 0 Å². The summed E-state index contributed by atoms with van der Waals surface area (Å²) in [6, 6.07) is 12.0. The molecule has 122 valence electrons. The monoisotopic (exact) mass is 454 g/mol. The minimum Gasteiger partial charge on any atom is -0.488 e. The summed E-state index contributed by atoms with van der Waals surface area (Å²) >= 11 is 3.29. The van der Waals surface area contributed by atoms with E-state index in [0.29, 0.717) is 16.2 Å². The molecule has 0 saturated heterocycles. The van der Waals surface area contributed by atoms with Crippen LogP contribution >= 0.6 is 34.4 Å². The van der Waals surface area contributed by atoms with Crippen LogP contribution in [0.4, 0.5) is 4.39 Å². The first-order valence-corrected chi connectivity index (χ1v) is 8.86. The molecule has 2 N–H and O–H groups in total. The number of nitrogens with two attached hydrogens (primary N) is 1. The lowest BCUT2D eigenvalue weighted by molar-refractivity contribution is -0.113. The van der Waals surface area contributed by atoms with Gasteiger partial charge in [-0.25, -0.2) is 4.39 Å². The number of aliphatic imine (C=N–C) groups is 1. The molecular weight excluding hydrogens is 442 g/mol. The minimum absolute atomic E-state index is 0.155. The quantitative estimate of drug-likeness (QED) is 0.562. The Hall–Kier alpha value is -1.87. The maximum Gasteiger partial charge on any atom is 0.286 e. The Kier molecular flexibility index (Phi) is 5.20. The summed E-state index contributed by atoms with van der Waals surface area (Å²) in [6.45, 7) is 0.155. The van der Waals surface area contributed by atoms with Crippen molar-refractivity contribution in [2.45, 2.75) is 6.61 Å². The predicted octanol–water partition coefficient (Wildman–Crippen LogP) is 3.94. The number of carbonyl (C=O) groups excluding carboxylic acids is 1. The second kappa shape index (κ2) is 7.35. The van der Waals surface area contributed by atoms with Crippen molar-refractivity contribution in [3.8, 4) is 5.75 Å². The lowest BCUT2D eigenvalue weighted by Gasteiger charge is -2.09. The Morgan fingerprint density at radius 2 is 2.08 bits per heavy atom. The SMILES string of the molecule is NC1=NC(=O)C(=Cc2ccc(OCc3ccccc3F)c(I)c2)S1. The van der Waals surface area contributed by atoms with Gasteiger partial charge < -0.3 is 10.5 Å². The number of carbonyl (C=O) groups is 1. The van der Waals surface area contributed by atoms with Gasteiger partial charge in [-0.05, 0) is 64.2 Å². The molecule has 0 aliphatic carbocycles. The number of hydrogen-bond acceptors (Lipinski definition) is 4. The van der Waals surface area contributed by atoms with Crippen LogP contribution in [0.15, 0.2) is 52.4 Å². The zero-order valence-electron chi connectivity index (χ0n) is 12.3. The molecule has 0 aromatic heterocycles. The van der Waals surface area contributed by atoms with Gasteiger partial charge in [0.15, 0.2) is 5.17 Å². The number of thioether (sulfide) groups is 1. The van der Waals surface area contributed by atoms with Gasteiger partial charge in [0, 0.05) is 5.56 Å². The highest BCUT2D eigenvalue weighted by Gasteiger charge is 2.19. The van der Waals surface area contributed by atoms with E-state index >= 15 is 0 Å². The number of amides is 1. The zero-order valence-corrected chi connectivity index (χ0v) is 15.3. The highest BCUT2D eigenvalue weighted by molar-refractivity contribution is 14.1. The topological polar surface area (TPSA) is 64.7 Å². The summed E-state index contributed by atoms with van der Waals surface area (Å²) in [6.07, 6.45) is 1.74. The van der Waals surface area contributed by atoms with Crippen LogP contribution < -0.4 is 10.5 Å². The smallest absolute Gasteiger partial charge is 0.286 e. The fourth-order valence-corrected chi connectivity index (χ4v) is 3.45. The van der Waals surface area contributed by atoms with Crippen LogP contribution in [0.3, 0.4) is 0 Å². The van der Waals surface area contributed by atoms with Crippen LogP contribution in [-0.4, -0.2) is 11.1 Å². The molecule has 0 saturated carbocycles. The second-order valence-corrected chi connectivity index (χ2v) is 7.16. The van der Waals surface area contributed by atoms with Crippen molar-refractivity contribution in [2.24, 2.45) is 10.7 Å². The third-order valence-electron chi connectivity index (χ3n) is 3.23. The zero-order chi connectivity index (χ0) is 17.1. The normalized spacial score (nSPS) is 15.7. The molecule has 1 amide bonds. The molecule has 0 bridgehead atoms. The van der Waals surface area contributed by atoms with E-state index < -0.39 is 0 Å². The Balaban J connectivity index is 1.73. The van der Waals surface area contributed by atoms with Gasteiger partial charge in [0.05, 0.1) is 8.48 Å².